The molecule has 2 aliphatic rings. The van der Waals surface area contributed by atoms with E-state index in [-0.39, 0.29) is 71.2 Å². The second-order valence-corrected chi connectivity index (χ2v) is 11.7. The number of aromatic nitrogens is 3. The number of sulfonamides is 1. The van der Waals surface area contributed by atoms with E-state index in [2.05, 4.69) is 5.10 Å². The Morgan fingerprint density at radius 2 is 2.00 bits per heavy atom. The summed E-state index contributed by atoms with van der Waals surface area (Å²) in [6, 6.07) is 3.68. The second kappa shape index (κ2) is 10.0. The smallest absolute Gasteiger partial charge is 0.280 e. The maximum Gasteiger partial charge on any atom is 0.280 e. The molecule has 0 aliphatic carbocycles. The fourth-order valence-corrected chi connectivity index (χ4v) is 6.25. The Bertz CT molecular complexity index is 1660. The summed E-state index contributed by atoms with van der Waals surface area (Å²) in [5.74, 6) is -0.765. The van der Waals surface area contributed by atoms with Crippen molar-refractivity contribution in [3.8, 4) is 11.5 Å². The summed E-state index contributed by atoms with van der Waals surface area (Å²) in [6.07, 6.45) is 3.55. The van der Waals surface area contributed by atoms with Gasteiger partial charge in [-0.2, -0.15) is 0 Å². The predicted molar refractivity (Wildman–Crippen MR) is 144 cm³/mol. The van der Waals surface area contributed by atoms with Gasteiger partial charge in [-0.1, -0.05) is 18.2 Å². The van der Waals surface area contributed by atoms with Gasteiger partial charge < -0.3 is 18.9 Å². The third kappa shape index (κ3) is 4.44. The van der Waals surface area contributed by atoms with Crippen LogP contribution in [0.5, 0.6) is 11.5 Å². The van der Waals surface area contributed by atoms with Crippen LogP contribution in [0.2, 0.25) is 0 Å². The van der Waals surface area contributed by atoms with E-state index in [1.54, 1.807) is 21.6 Å². The topological polar surface area (TPSA) is 116 Å². The molecule has 0 N–H and O–H groups in total. The number of nitrogens with zero attached hydrogens (tertiary/aromatic N) is 5. The molecule has 5 rings (SSSR count). The predicted octanol–water partition coefficient (Wildman–Crippen LogP) is 2.54. The van der Waals surface area contributed by atoms with Crippen LogP contribution in [0.15, 0.2) is 35.1 Å². The Hall–Kier alpha value is -3.87. The minimum absolute atomic E-state index is 0.00984. The number of likely N-dealkylation sites (N-methyl/N-ethyl adjacent to an activating group) is 1. The lowest BCUT2D eigenvalue weighted by atomic mass is 10.2. The van der Waals surface area contributed by atoms with Crippen LogP contribution >= 0.6 is 0 Å². The maximum absolute atomic E-state index is 14.1. The van der Waals surface area contributed by atoms with Crippen molar-refractivity contribution < 1.29 is 27.1 Å². The van der Waals surface area contributed by atoms with E-state index in [9.17, 15) is 22.4 Å². The first-order chi connectivity index (χ1) is 18.6. The van der Waals surface area contributed by atoms with Crippen LogP contribution in [0, 0.1) is 5.82 Å². The Labute approximate surface area is 225 Å². The van der Waals surface area contributed by atoms with Crippen molar-refractivity contribution in [3.63, 3.8) is 0 Å². The number of hydrogen-bond acceptors (Lipinski definition) is 7. The Morgan fingerprint density at radius 3 is 2.72 bits per heavy atom. The molecule has 2 aromatic heterocycles. The van der Waals surface area contributed by atoms with Gasteiger partial charge in [0.25, 0.3) is 11.5 Å². The van der Waals surface area contributed by atoms with E-state index in [4.69, 9.17) is 9.47 Å². The number of carbonyl (C=O) groups excluding carboxylic acids is 1. The molecule has 4 heterocycles. The number of fused-ring (bicyclic) bond motifs is 7. The number of anilines is 1. The lowest BCUT2D eigenvalue weighted by Crippen LogP contribution is -2.42. The summed E-state index contributed by atoms with van der Waals surface area (Å²) < 4.78 is 56.1. The van der Waals surface area contributed by atoms with Crippen molar-refractivity contribution in [1.29, 1.82) is 0 Å². The zero-order valence-corrected chi connectivity index (χ0v) is 23.0. The highest BCUT2D eigenvalue weighted by atomic mass is 32.2. The van der Waals surface area contributed by atoms with Gasteiger partial charge in [0.15, 0.2) is 17.3 Å². The zero-order chi connectivity index (χ0) is 28.1. The highest BCUT2D eigenvalue weighted by Gasteiger charge is 2.38. The van der Waals surface area contributed by atoms with E-state index in [1.807, 2.05) is 13.8 Å². The monoisotopic (exact) mass is 559 g/mol. The fraction of sp³-hybridized carbons (Fsp3) is 0.423. The quantitative estimate of drug-likeness (QED) is 0.443. The van der Waals surface area contributed by atoms with E-state index in [0.29, 0.717) is 18.7 Å². The maximum atomic E-state index is 14.1. The van der Waals surface area contributed by atoms with Gasteiger partial charge in [-0.3, -0.25) is 13.9 Å². The van der Waals surface area contributed by atoms with Crippen LogP contribution in [0.1, 0.15) is 42.4 Å². The average molecular weight is 560 g/mol. The van der Waals surface area contributed by atoms with Gasteiger partial charge in [0, 0.05) is 37.8 Å². The Balaban J connectivity index is 1.87. The molecule has 208 valence electrons. The summed E-state index contributed by atoms with van der Waals surface area (Å²) in [5, 5.41) is 4.57. The molecule has 39 heavy (non-hydrogen) atoms. The molecule has 11 nitrogen and oxygen atoms in total. The number of allylic oxidation sites excluding steroid dienone is 1. The summed E-state index contributed by atoms with van der Waals surface area (Å²) in [6.45, 7) is 4.53. The molecule has 13 heteroatoms. The van der Waals surface area contributed by atoms with Crippen molar-refractivity contribution in [2.75, 3.05) is 43.9 Å². The minimum Gasteiger partial charge on any atom is -0.493 e. The molecule has 2 aliphatic heterocycles. The molecular formula is C26H30FN5O6S. The number of amides is 1. The van der Waals surface area contributed by atoms with Crippen molar-refractivity contribution in [2.24, 2.45) is 0 Å². The molecule has 0 saturated heterocycles. The molecule has 1 amide bonds. The molecule has 0 fully saturated rings. The molecule has 0 spiro atoms. The van der Waals surface area contributed by atoms with Gasteiger partial charge in [0.05, 0.1) is 19.4 Å². The molecule has 0 saturated carbocycles. The molecule has 2 bridgehead atoms. The van der Waals surface area contributed by atoms with Gasteiger partial charge >= 0.3 is 0 Å². The normalized spacial score (nSPS) is 19.3. The second-order valence-electron chi connectivity index (χ2n) is 9.56. The molecular weight excluding hydrogens is 529 g/mol. The van der Waals surface area contributed by atoms with Gasteiger partial charge in [0.1, 0.15) is 29.1 Å². The Kier molecular flexibility index (Phi) is 6.87. The van der Waals surface area contributed by atoms with Crippen molar-refractivity contribution in [3.05, 3.63) is 57.8 Å². The van der Waals surface area contributed by atoms with Crippen LogP contribution in [0.4, 0.5) is 10.2 Å². The number of benzene rings is 1. The average Bonchev–Trinajstić information content (AvgIpc) is 3.26. The first-order valence-corrected chi connectivity index (χ1v) is 14.2. The van der Waals surface area contributed by atoms with Gasteiger partial charge in [0.2, 0.25) is 10.0 Å². The van der Waals surface area contributed by atoms with Crippen LogP contribution in [0.3, 0.4) is 0 Å². The first-order valence-electron chi connectivity index (χ1n) is 12.6. The highest BCUT2D eigenvalue weighted by molar-refractivity contribution is 7.92. The van der Waals surface area contributed by atoms with E-state index in [1.165, 1.54) is 32.4 Å². The first kappa shape index (κ1) is 26.7. The SMILES string of the molecule is CCN1C[C@H](C)n2c(c(OC)c3c(=O)n4nc(c32)N(C)S(=O)(=O)CCC=CCOc2cc(F)ccc2C4)C1=O. The molecule has 1 atom stereocenters. The van der Waals surface area contributed by atoms with Gasteiger partial charge in [-0.25, -0.2) is 17.5 Å². The summed E-state index contributed by atoms with van der Waals surface area (Å²) >= 11 is 0. The Morgan fingerprint density at radius 1 is 1.23 bits per heavy atom. The zero-order valence-electron chi connectivity index (χ0n) is 22.2. The van der Waals surface area contributed by atoms with Crippen LogP contribution in [0.25, 0.3) is 10.9 Å². The van der Waals surface area contributed by atoms with E-state index in [0.717, 1.165) is 8.99 Å². The lowest BCUT2D eigenvalue weighted by molar-refractivity contribution is 0.0685. The molecule has 0 unspecified atom stereocenters. The number of halogens is 1. The highest BCUT2D eigenvalue weighted by Crippen LogP contribution is 2.41. The number of hydrogen-bond donors (Lipinski definition) is 0. The van der Waals surface area contributed by atoms with Gasteiger partial charge in [-0.05, 0) is 26.3 Å². The molecule has 1 aromatic carbocycles. The lowest BCUT2D eigenvalue weighted by Gasteiger charge is -2.33. The summed E-state index contributed by atoms with van der Waals surface area (Å²) in [7, 11) is -1.13. The largest absolute Gasteiger partial charge is 0.493 e. The third-order valence-corrected chi connectivity index (χ3v) is 8.91. The third-order valence-electron chi connectivity index (χ3n) is 7.15. The molecule has 0 radical (unpaired) electrons. The van der Waals surface area contributed by atoms with Crippen molar-refractivity contribution in [1.82, 2.24) is 19.2 Å². The van der Waals surface area contributed by atoms with Gasteiger partial charge in [-0.15, -0.1) is 5.10 Å². The number of rotatable bonds is 2. The van der Waals surface area contributed by atoms with Crippen molar-refractivity contribution >= 4 is 32.7 Å². The van der Waals surface area contributed by atoms with E-state index < -0.39 is 21.4 Å². The fourth-order valence-electron chi connectivity index (χ4n) is 5.15. The molecule has 3 aromatic rings. The summed E-state index contributed by atoms with van der Waals surface area (Å²) in [4.78, 5) is 29.1. The number of ether oxygens (including phenoxy) is 2. The standard InChI is InChI=1S/C26H30FN5O6S/c1-5-30-14-16(2)32-21-20(23(37-4)22(32)26(30)34)25(33)31-15-17-9-10-18(27)13-19(17)38-11-7-6-8-12-39(35,36)29(3)24(21)28-31/h6-7,9-10,13,16H,5,8,11-12,14-15H2,1-4H3/t16-/m0/s1. The van der Waals surface area contributed by atoms with Crippen molar-refractivity contribution in [2.45, 2.75) is 32.9 Å². The minimum atomic E-state index is -3.88. The van der Waals surface area contributed by atoms with Crippen LogP contribution in [-0.4, -0.2) is 73.2 Å². The number of carbonyl (C=O) groups is 1. The number of methoxy groups -OCH3 is 1. The summed E-state index contributed by atoms with van der Waals surface area (Å²) in [5.41, 5.74) is 0.271. The van der Waals surface area contributed by atoms with E-state index >= 15 is 0 Å². The van der Waals surface area contributed by atoms with Crippen LogP contribution < -0.4 is 19.3 Å². The van der Waals surface area contributed by atoms with Crippen LogP contribution in [-0.2, 0) is 16.6 Å².